The van der Waals surface area contributed by atoms with Gasteiger partial charge in [-0.05, 0) is 57.8 Å². The van der Waals surface area contributed by atoms with Gasteiger partial charge in [0.1, 0.15) is 13.2 Å². The van der Waals surface area contributed by atoms with E-state index in [1.54, 1.807) is 6.08 Å². The van der Waals surface area contributed by atoms with E-state index in [2.05, 4.69) is 55.6 Å². The molecule has 0 aromatic rings. The van der Waals surface area contributed by atoms with Crippen LogP contribution in [0.4, 0.5) is 0 Å². The second kappa shape index (κ2) is 37.1. The number of carbonyl (C=O) groups excluding carboxylic acids is 1. The average molecular weight is 781 g/mol. The van der Waals surface area contributed by atoms with Gasteiger partial charge in [-0.2, -0.15) is 0 Å². The highest BCUT2D eigenvalue weighted by molar-refractivity contribution is 7.45. The van der Waals surface area contributed by atoms with E-state index in [0.29, 0.717) is 17.4 Å². The molecule has 0 aromatic heterocycles. The predicted octanol–water partition coefficient (Wildman–Crippen LogP) is 11.4. The predicted molar refractivity (Wildman–Crippen MR) is 228 cm³/mol. The molecule has 0 rings (SSSR count). The van der Waals surface area contributed by atoms with Crippen LogP contribution in [0.3, 0.4) is 0 Å². The molecule has 0 saturated carbocycles. The van der Waals surface area contributed by atoms with Crippen molar-refractivity contribution < 1.29 is 32.9 Å². The molecule has 0 fully saturated rings. The number of likely N-dealkylation sites (N-methyl/N-ethyl adjacent to an activating group) is 1. The van der Waals surface area contributed by atoms with E-state index < -0.39 is 20.0 Å². The molecule has 1 amide bonds. The molecule has 0 saturated heterocycles. The first-order valence-electron chi connectivity index (χ1n) is 22.0. The standard InChI is InChI=1S/C45H85N2O6P/c1-6-8-10-12-14-16-18-19-20-21-22-23-24-25-26-27-29-31-33-35-37-39-45(49)46-43(42-53-54(50,51)52-41-40-47(3,4)5)44(48)38-36-34-32-30-28-17-15-13-11-9-7-2/h18-19,21-22,24-25,36,38,43-44,48H,6-17,20,23,26-35,37,39-42H2,1-5H3,(H-,46,49,50,51)/b19-18-,22-21-,25-24-,38-36+. The lowest BCUT2D eigenvalue weighted by Crippen LogP contribution is -2.45. The minimum absolute atomic E-state index is 0.00551. The molecule has 0 aromatic carbocycles. The Labute approximate surface area is 333 Å². The second-order valence-corrected chi connectivity index (χ2v) is 17.5. The molecule has 0 spiro atoms. The number of allylic oxidation sites excluding steroid dienone is 7. The van der Waals surface area contributed by atoms with E-state index in [0.717, 1.165) is 64.2 Å². The summed E-state index contributed by atoms with van der Waals surface area (Å²) in [6.45, 7) is 4.59. The maximum absolute atomic E-state index is 12.8. The molecule has 3 unspecified atom stereocenters. The van der Waals surface area contributed by atoms with Crippen molar-refractivity contribution >= 4 is 13.7 Å². The third-order valence-electron chi connectivity index (χ3n) is 9.53. The number of nitrogens with one attached hydrogen (secondary N) is 1. The summed E-state index contributed by atoms with van der Waals surface area (Å²) in [6, 6.07) is -0.892. The maximum atomic E-state index is 12.8. The van der Waals surface area contributed by atoms with Crippen LogP contribution in [0.15, 0.2) is 48.6 Å². The quantitative estimate of drug-likeness (QED) is 0.0278. The molecule has 9 heteroatoms. The topological polar surface area (TPSA) is 108 Å². The summed E-state index contributed by atoms with van der Waals surface area (Å²) in [6.07, 6.45) is 45.8. The zero-order chi connectivity index (χ0) is 40.0. The Balaban J connectivity index is 4.39. The van der Waals surface area contributed by atoms with E-state index in [1.807, 2.05) is 27.2 Å². The van der Waals surface area contributed by atoms with Crippen molar-refractivity contribution in [2.24, 2.45) is 0 Å². The van der Waals surface area contributed by atoms with Crippen molar-refractivity contribution in [3.63, 3.8) is 0 Å². The molecular weight excluding hydrogens is 695 g/mol. The highest BCUT2D eigenvalue weighted by Gasteiger charge is 2.23. The van der Waals surface area contributed by atoms with Crippen molar-refractivity contribution in [3.05, 3.63) is 48.6 Å². The fourth-order valence-corrected chi connectivity index (χ4v) is 6.70. The van der Waals surface area contributed by atoms with Gasteiger partial charge in [0.25, 0.3) is 7.82 Å². The summed E-state index contributed by atoms with van der Waals surface area (Å²) in [5.74, 6) is -0.213. The van der Waals surface area contributed by atoms with Gasteiger partial charge in [-0.1, -0.05) is 165 Å². The molecule has 8 nitrogen and oxygen atoms in total. The number of hydrogen-bond acceptors (Lipinski definition) is 6. The monoisotopic (exact) mass is 781 g/mol. The lowest BCUT2D eigenvalue weighted by Gasteiger charge is -2.29. The Morgan fingerprint density at radius 3 is 1.56 bits per heavy atom. The minimum Gasteiger partial charge on any atom is -0.756 e. The number of hydrogen-bond donors (Lipinski definition) is 2. The van der Waals surface area contributed by atoms with Crippen molar-refractivity contribution in [3.8, 4) is 0 Å². The highest BCUT2D eigenvalue weighted by atomic mass is 31.2. The summed E-state index contributed by atoms with van der Waals surface area (Å²) < 4.78 is 23.1. The van der Waals surface area contributed by atoms with Crippen molar-refractivity contribution in [2.45, 2.75) is 193 Å². The van der Waals surface area contributed by atoms with Crippen LogP contribution in [0, 0.1) is 0 Å². The number of aliphatic hydroxyl groups is 1. The van der Waals surface area contributed by atoms with Crippen LogP contribution in [0.2, 0.25) is 0 Å². The number of nitrogens with zero attached hydrogens (tertiary/aromatic N) is 1. The van der Waals surface area contributed by atoms with E-state index in [9.17, 15) is 19.4 Å². The fraction of sp³-hybridized carbons (Fsp3) is 0.800. The molecule has 0 aliphatic rings. The van der Waals surface area contributed by atoms with Gasteiger partial charge >= 0.3 is 0 Å². The molecular formula is C45H85N2O6P. The lowest BCUT2D eigenvalue weighted by atomic mass is 10.1. The number of unbranched alkanes of at least 4 members (excludes halogenated alkanes) is 20. The molecule has 0 bridgehead atoms. The summed E-state index contributed by atoms with van der Waals surface area (Å²) >= 11 is 0. The van der Waals surface area contributed by atoms with E-state index in [4.69, 9.17) is 9.05 Å². The van der Waals surface area contributed by atoms with Gasteiger partial charge in [0.2, 0.25) is 5.91 Å². The number of carbonyl (C=O) groups is 1. The lowest BCUT2D eigenvalue weighted by molar-refractivity contribution is -0.870. The van der Waals surface area contributed by atoms with E-state index in [-0.39, 0.29) is 19.1 Å². The Kier molecular flexibility index (Phi) is 36.0. The van der Waals surface area contributed by atoms with Crippen molar-refractivity contribution in [2.75, 3.05) is 40.9 Å². The third-order valence-corrected chi connectivity index (χ3v) is 10.5. The Hall–Kier alpha value is -1.54. The number of quaternary nitrogens is 1. The van der Waals surface area contributed by atoms with Crippen LogP contribution < -0.4 is 10.2 Å². The first-order valence-corrected chi connectivity index (χ1v) is 23.5. The molecule has 0 heterocycles. The normalized spacial score (nSPS) is 14.9. The van der Waals surface area contributed by atoms with E-state index >= 15 is 0 Å². The molecule has 54 heavy (non-hydrogen) atoms. The van der Waals surface area contributed by atoms with Crippen molar-refractivity contribution in [1.29, 1.82) is 0 Å². The van der Waals surface area contributed by atoms with Gasteiger partial charge in [0.05, 0.1) is 39.9 Å². The number of phosphoric ester groups is 1. The number of amides is 1. The summed E-state index contributed by atoms with van der Waals surface area (Å²) in [5.41, 5.74) is 0. The van der Waals surface area contributed by atoms with Gasteiger partial charge in [0.15, 0.2) is 0 Å². The molecule has 3 atom stereocenters. The molecule has 2 N–H and O–H groups in total. The number of rotatable bonds is 39. The van der Waals surface area contributed by atoms with Gasteiger partial charge < -0.3 is 28.8 Å². The Morgan fingerprint density at radius 1 is 0.648 bits per heavy atom. The van der Waals surface area contributed by atoms with Gasteiger partial charge in [-0.25, -0.2) is 0 Å². The van der Waals surface area contributed by atoms with Crippen LogP contribution in [0.1, 0.15) is 181 Å². The van der Waals surface area contributed by atoms with Crippen LogP contribution in [-0.4, -0.2) is 68.5 Å². The SMILES string of the molecule is CCCCCCC/C=C\C/C=C\C/C=C\CCCCCCCCC(=O)NC(COP(=O)([O-])OCC[N+](C)(C)C)C(O)/C=C/CCCCCCCCCCC. The smallest absolute Gasteiger partial charge is 0.268 e. The number of phosphoric acid groups is 1. The fourth-order valence-electron chi connectivity index (χ4n) is 5.98. The largest absolute Gasteiger partial charge is 0.756 e. The van der Waals surface area contributed by atoms with Crippen molar-refractivity contribution in [1.82, 2.24) is 5.32 Å². The molecule has 0 aliphatic carbocycles. The molecule has 0 radical (unpaired) electrons. The summed E-state index contributed by atoms with van der Waals surface area (Å²) in [4.78, 5) is 25.2. The maximum Gasteiger partial charge on any atom is 0.268 e. The van der Waals surface area contributed by atoms with E-state index in [1.165, 1.54) is 96.3 Å². The molecule has 0 aliphatic heterocycles. The Morgan fingerprint density at radius 2 is 1.07 bits per heavy atom. The van der Waals surface area contributed by atoms with Crippen LogP contribution in [0.25, 0.3) is 0 Å². The zero-order valence-electron chi connectivity index (χ0n) is 35.7. The van der Waals surface area contributed by atoms with Gasteiger partial charge in [-0.15, -0.1) is 0 Å². The first kappa shape index (κ1) is 52.5. The summed E-state index contributed by atoms with van der Waals surface area (Å²) in [7, 11) is 1.24. The molecule has 316 valence electrons. The third kappa shape index (κ3) is 38.7. The Bertz CT molecular complexity index is 1020. The summed E-state index contributed by atoms with van der Waals surface area (Å²) in [5, 5.41) is 13.7. The van der Waals surface area contributed by atoms with Crippen LogP contribution in [0.5, 0.6) is 0 Å². The number of aliphatic hydroxyl groups excluding tert-OH is 1. The minimum atomic E-state index is -4.59. The zero-order valence-corrected chi connectivity index (χ0v) is 36.6. The highest BCUT2D eigenvalue weighted by Crippen LogP contribution is 2.38. The van der Waals surface area contributed by atoms with Crippen LogP contribution >= 0.6 is 7.82 Å². The average Bonchev–Trinajstić information content (AvgIpc) is 3.12. The first-order chi connectivity index (χ1) is 26.0. The van der Waals surface area contributed by atoms with Gasteiger partial charge in [0, 0.05) is 6.42 Å². The van der Waals surface area contributed by atoms with Gasteiger partial charge in [-0.3, -0.25) is 9.36 Å². The second-order valence-electron chi connectivity index (χ2n) is 16.0. The van der Waals surface area contributed by atoms with Crippen LogP contribution in [-0.2, 0) is 18.4 Å².